The predicted molar refractivity (Wildman–Crippen MR) is 105 cm³/mol. The van der Waals surface area contributed by atoms with E-state index in [1.54, 1.807) is 36.0 Å². The smallest absolute Gasteiger partial charge is 0.253 e. The van der Waals surface area contributed by atoms with Gasteiger partial charge in [-0.05, 0) is 55.5 Å². The van der Waals surface area contributed by atoms with Crippen LogP contribution in [-0.2, 0) is 4.79 Å². The van der Waals surface area contributed by atoms with E-state index in [1.165, 1.54) is 19.3 Å². The Labute approximate surface area is 154 Å². The van der Waals surface area contributed by atoms with Crippen molar-refractivity contribution in [2.75, 3.05) is 24.4 Å². The minimum Gasteiger partial charge on any atom is -0.339 e. The average molecular weight is 364 g/mol. The Hall–Kier alpha value is -1.53. The Morgan fingerprint density at radius 3 is 2.48 bits per heavy atom. The Balaban J connectivity index is 1.92. The summed E-state index contributed by atoms with van der Waals surface area (Å²) in [5.74, 6) is 0.712. The second kappa shape index (κ2) is 9.82. The first-order chi connectivity index (χ1) is 12.0. The van der Waals surface area contributed by atoms with Crippen LogP contribution in [0.3, 0.4) is 0 Å². The Morgan fingerprint density at radius 1 is 1.24 bits per heavy atom. The molecular formula is C19H29N3O2S. The van der Waals surface area contributed by atoms with Crippen molar-refractivity contribution in [3.8, 4) is 0 Å². The molecule has 1 atom stereocenters. The molecule has 0 spiro atoms. The molecule has 0 saturated heterocycles. The predicted octanol–water partition coefficient (Wildman–Crippen LogP) is 3.11. The van der Waals surface area contributed by atoms with Gasteiger partial charge in [0.25, 0.3) is 5.91 Å². The Kier molecular flexibility index (Phi) is 7.78. The molecule has 1 aromatic carbocycles. The summed E-state index contributed by atoms with van der Waals surface area (Å²) in [5, 5.41) is 2.81. The second-order valence-corrected chi connectivity index (χ2v) is 7.65. The third-order valence-electron chi connectivity index (χ3n) is 4.81. The van der Waals surface area contributed by atoms with E-state index in [4.69, 9.17) is 5.73 Å². The topological polar surface area (TPSA) is 75.4 Å². The van der Waals surface area contributed by atoms with Crippen molar-refractivity contribution in [1.29, 1.82) is 0 Å². The van der Waals surface area contributed by atoms with Crippen LogP contribution in [0, 0.1) is 0 Å². The van der Waals surface area contributed by atoms with Gasteiger partial charge in [0.1, 0.15) is 0 Å². The molecule has 1 aromatic rings. The molecular weight excluding hydrogens is 334 g/mol. The van der Waals surface area contributed by atoms with Crippen molar-refractivity contribution in [3.63, 3.8) is 0 Å². The first-order valence-corrected chi connectivity index (χ1v) is 10.3. The molecule has 1 fully saturated rings. The summed E-state index contributed by atoms with van der Waals surface area (Å²) >= 11 is 1.67. The maximum atomic E-state index is 12.6. The van der Waals surface area contributed by atoms with Gasteiger partial charge in [0.15, 0.2) is 0 Å². The average Bonchev–Trinajstić information content (AvgIpc) is 2.66. The van der Waals surface area contributed by atoms with Crippen LogP contribution in [0.2, 0.25) is 0 Å². The Morgan fingerprint density at radius 2 is 1.88 bits per heavy atom. The zero-order valence-electron chi connectivity index (χ0n) is 15.2. The molecule has 0 heterocycles. The highest BCUT2D eigenvalue weighted by molar-refractivity contribution is 7.98. The van der Waals surface area contributed by atoms with Crippen molar-refractivity contribution in [3.05, 3.63) is 29.8 Å². The maximum absolute atomic E-state index is 12.6. The molecule has 138 valence electrons. The highest BCUT2D eigenvalue weighted by atomic mass is 32.2. The molecule has 2 rings (SSSR count). The van der Waals surface area contributed by atoms with Gasteiger partial charge >= 0.3 is 0 Å². The number of anilines is 1. The van der Waals surface area contributed by atoms with E-state index in [0.717, 1.165) is 18.6 Å². The molecule has 1 aliphatic carbocycles. The van der Waals surface area contributed by atoms with E-state index in [9.17, 15) is 9.59 Å². The summed E-state index contributed by atoms with van der Waals surface area (Å²) in [4.78, 5) is 26.5. The van der Waals surface area contributed by atoms with Gasteiger partial charge in [0.2, 0.25) is 5.91 Å². The van der Waals surface area contributed by atoms with Crippen LogP contribution in [-0.4, -0.2) is 47.9 Å². The van der Waals surface area contributed by atoms with E-state index >= 15 is 0 Å². The second-order valence-electron chi connectivity index (χ2n) is 6.66. The number of thioether (sulfide) groups is 1. The van der Waals surface area contributed by atoms with E-state index in [0.29, 0.717) is 23.7 Å². The van der Waals surface area contributed by atoms with Gasteiger partial charge < -0.3 is 16.0 Å². The zero-order chi connectivity index (χ0) is 18.2. The van der Waals surface area contributed by atoms with Crippen LogP contribution in [0.5, 0.6) is 0 Å². The fourth-order valence-corrected chi connectivity index (χ4v) is 3.63. The summed E-state index contributed by atoms with van der Waals surface area (Å²) in [6.07, 6.45) is 8.48. The maximum Gasteiger partial charge on any atom is 0.253 e. The SMILES string of the molecule is CSCC[C@H](N)C(=O)Nc1ccc(C(=O)N(C)C2CCCCC2)cc1. The molecule has 2 amide bonds. The van der Waals surface area contributed by atoms with Crippen LogP contribution in [0.15, 0.2) is 24.3 Å². The molecule has 1 aliphatic rings. The van der Waals surface area contributed by atoms with Crippen molar-refractivity contribution >= 4 is 29.3 Å². The number of nitrogens with two attached hydrogens (primary N) is 1. The minimum atomic E-state index is -0.508. The number of nitrogens with one attached hydrogen (secondary N) is 1. The van der Waals surface area contributed by atoms with Crippen LogP contribution in [0.1, 0.15) is 48.9 Å². The summed E-state index contributed by atoms with van der Waals surface area (Å²) in [5.41, 5.74) is 7.18. The summed E-state index contributed by atoms with van der Waals surface area (Å²) in [6, 6.07) is 6.90. The first kappa shape index (κ1) is 19.8. The van der Waals surface area contributed by atoms with E-state index < -0.39 is 6.04 Å². The summed E-state index contributed by atoms with van der Waals surface area (Å²) in [6.45, 7) is 0. The summed E-state index contributed by atoms with van der Waals surface area (Å²) < 4.78 is 0. The fourth-order valence-electron chi connectivity index (χ4n) is 3.14. The normalized spacial score (nSPS) is 16.3. The molecule has 0 aromatic heterocycles. The summed E-state index contributed by atoms with van der Waals surface area (Å²) in [7, 11) is 1.89. The van der Waals surface area contributed by atoms with Crippen molar-refractivity contribution in [2.45, 2.75) is 50.6 Å². The van der Waals surface area contributed by atoms with Gasteiger partial charge in [0.05, 0.1) is 6.04 Å². The number of amides is 2. The molecule has 5 nitrogen and oxygen atoms in total. The third-order valence-corrected chi connectivity index (χ3v) is 5.46. The fraction of sp³-hybridized carbons (Fsp3) is 0.579. The highest BCUT2D eigenvalue weighted by Gasteiger charge is 2.23. The van der Waals surface area contributed by atoms with Crippen LogP contribution < -0.4 is 11.1 Å². The van der Waals surface area contributed by atoms with E-state index in [1.807, 2.05) is 18.2 Å². The minimum absolute atomic E-state index is 0.0430. The van der Waals surface area contributed by atoms with Gasteiger partial charge in [-0.3, -0.25) is 9.59 Å². The van der Waals surface area contributed by atoms with Gasteiger partial charge in [-0.15, -0.1) is 0 Å². The van der Waals surface area contributed by atoms with Gasteiger partial charge in [0, 0.05) is 24.3 Å². The third kappa shape index (κ3) is 5.75. The number of nitrogens with zero attached hydrogens (tertiary/aromatic N) is 1. The van der Waals surface area contributed by atoms with Crippen LogP contribution in [0.25, 0.3) is 0 Å². The van der Waals surface area contributed by atoms with Gasteiger partial charge in [-0.25, -0.2) is 0 Å². The van der Waals surface area contributed by atoms with E-state index in [2.05, 4.69) is 5.32 Å². The lowest BCUT2D eigenvalue weighted by Crippen LogP contribution is -2.38. The number of rotatable bonds is 7. The van der Waals surface area contributed by atoms with Crippen molar-refractivity contribution < 1.29 is 9.59 Å². The number of benzene rings is 1. The molecule has 25 heavy (non-hydrogen) atoms. The molecule has 0 unspecified atom stereocenters. The zero-order valence-corrected chi connectivity index (χ0v) is 16.0. The lowest BCUT2D eigenvalue weighted by atomic mass is 9.94. The van der Waals surface area contributed by atoms with Crippen molar-refractivity contribution in [1.82, 2.24) is 4.90 Å². The highest BCUT2D eigenvalue weighted by Crippen LogP contribution is 2.23. The molecule has 1 saturated carbocycles. The molecule has 6 heteroatoms. The lowest BCUT2D eigenvalue weighted by molar-refractivity contribution is -0.117. The van der Waals surface area contributed by atoms with Crippen LogP contribution in [0.4, 0.5) is 5.69 Å². The molecule has 0 aliphatic heterocycles. The number of hydrogen-bond acceptors (Lipinski definition) is 4. The standard InChI is InChI=1S/C19H29N3O2S/c1-22(16-6-4-3-5-7-16)19(24)14-8-10-15(11-9-14)21-18(23)17(20)12-13-25-2/h8-11,16-17H,3-7,12-13,20H2,1-2H3,(H,21,23)/t17-/m0/s1. The lowest BCUT2D eigenvalue weighted by Gasteiger charge is -2.31. The number of carbonyl (C=O) groups is 2. The largest absolute Gasteiger partial charge is 0.339 e. The molecule has 0 radical (unpaired) electrons. The van der Waals surface area contributed by atoms with Gasteiger partial charge in [-0.2, -0.15) is 11.8 Å². The first-order valence-electron chi connectivity index (χ1n) is 8.95. The number of carbonyl (C=O) groups excluding carboxylic acids is 2. The molecule has 0 bridgehead atoms. The molecule has 3 N–H and O–H groups in total. The number of hydrogen-bond donors (Lipinski definition) is 2. The van der Waals surface area contributed by atoms with E-state index in [-0.39, 0.29) is 11.8 Å². The van der Waals surface area contributed by atoms with Crippen LogP contribution >= 0.6 is 11.8 Å². The van der Waals surface area contributed by atoms with Crippen molar-refractivity contribution in [2.24, 2.45) is 5.73 Å². The Bertz CT molecular complexity index is 571. The quantitative estimate of drug-likeness (QED) is 0.780. The monoisotopic (exact) mass is 363 g/mol. The van der Waals surface area contributed by atoms with Gasteiger partial charge in [-0.1, -0.05) is 19.3 Å².